The second kappa shape index (κ2) is 6.62. The summed E-state index contributed by atoms with van der Waals surface area (Å²) in [7, 11) is 0. The van der Waals surface area contributed by atoms with E-state index in [1.54, 1.807) is 36.0 Å². The monoisotopic (exact) mass is 308 g/mol. The lowest BCUT2D eigenvalue weighted by Crippen LogP contribution is -2.41. The van der Waals surface area contributed by atoms with Gasteiger partial charge in [-0.15, -0.1) is 0 Å². The van der Waals surface area contributed by atoms with E-state index in [1.165, 1.54) is 4.90 Å². The minimum absolute atomic E-state index is 0.185. The highest BCUT2D eigenvalue weighted by Crippen LogP contribution is 2.33. The van der Waals surface area contributed by atoms with Crippen LogP contribution in [0.4, 0.5) is 0 Å². The largest absolute Gasteiger partial charge is 0.480 e. The maximum Gasteiger partial charge on any atom is 0.322 e. The van der Waals surface area contributed by atoms with Crippen molar-refractivity contribution in [3.05, 3.63) is 35.4 Å². The summed E-state index contributed by atoms with van der Waals surface area (Å²) in [4.78, 5) is 36.7. The number of carbonyl (C=O) groups excluding carboxylic acids is 2. The van der Waals surface area contributed by atoms with Crippen molar-refractivity contribution in [2.45, 2.75) is 6.04 Å². The number of nitrogens with one attached hydrogen (secondary N) is 1. The average Bonchev–Trinajstić information content (AvgIpc) is 2.76. The zero-order valence-corrected chi connectivity index (χ0v) is 12.4. The minimum atomic E-state index is -1.11. The molecule has 0 aromatic heterocycles. The van der Waals surface area contributed by atoms with Crippen LogP contribution in [0.2, 0.25) is 0 Å². The molecule has 1 aromatic carbocycles. The number of rotatable bonds is 6. The summed E-state index contributed by atoms with van der Waals surface area (Å²) in [6.07, 6.45) is 1.92. The Labute approximate surface area is 126 Å². The molecule has 0 aliphatic carbocycles. The average molecular weight is 308 g/mol. The fourth-order valence-corrected chi connectivity index (χ4v) is 2.71. The molecule has 7 heteroatoms. The number of benzene rings is 1. The van der Waals surface area contributed by atoms with E-state index in [4.69, 9.17) is 5.11 Å². The Bertz CT molecular complexity index is 576. The van der Waals surface area contributed by atoms with Crippen LogP contribution in [0.3, 0.4) is 0 Å². The van der Waals surface area contributed by atoms with Gasteiger partial charge in [0.05, 0.1) is 0 Å². The summed E-state index contributed by atoms with van der Waals surface area (Å²) < 4.78 is 0. The lowest BCUT2D eigenvalue weighted by molar-refractivity contribution is -0.138. The molecule has 1 aliphatic rings. The smallest absolute Gasteiger partial charge is 0.322 e. The van der Waals surface area contributed by atoms with Crippen LogP contribution < -0.4 is 5.32 Å². The Morgan fingerprint density at radius 1 is 1.38 bits per heavy atom. The van der Waals surface area contributed by atoms with Crippen LogP contribution in [0.1, 0.15) is 22.0 Å². The molecular formula is C14H16N2O4S. The molecule has 2 amide bonds. The van der Waals surface area contributed by atoms with E-state index < -0.39 is 24.5 Å². The van der Waals surface area contributed by atoms with E-state index in [-0.39, 0.29) is 5.91 Å². The highest BCUT2D eigenvalue weighted by molar-refractivity contribution is 7.98. The normalized spacial score (nSPS) is 16.7. The predicted octanol–water partition coefficient (Wildman–Crippen LogP) is 0.747. The van der Waals surface area contributed by atoms with Gasteiger partial charge in [-0.2, -0.15) is 11.8 Å². The molecule has 1 unspecified atom stereocenters. The Balaban J connectivity index is 2.26. The van der Waals surface area contributed by atoms with E-state index in [1.807, 2.05) is 6.26 Å². The quantitative estimate of drug-likeness (QED) is 0.810. The summed E-state index contributed by atoms with van der Waals surface area (Å²) in [5, 5.41) is 11.0. The second-order valence-electron chi connectivity index (χ2n) is 4.59. The maximum absolute atomic E-state index is 12.4. The van der Waals surface area contributed by atoms with Gasteiger partial charge in [0.1, 0.15) is 12.6 Å². The van der Waals surface area contributed by atoms with Gasteiger partial charge < -0.3 is 15.3 Å². The standard InChI is InChI=1S/C14H16N2O4S/c1-21-7-6-16-12(13(19)15-8-11(17)18)9-4-2-3-5-10(9)14(16)20/h2-5,12H,6-8H2,1H3,(H,15,19)(H,17,18). The van der Waals surface area contributed by atoms with E-state index >= 15 is 0 Å². The Morgan fingerprint density at radius 3 is 2.76 bits per heavy atom. The molecule has 6 nitrogen and oxygen atoms in total. The minimum Gasteiger partial charge on any atom is -0.480 e. The van der Waals surface area contributed by atoms with Gasteiger partial charge in [-0.3, -0.25) is 14.4 Å². The summed E-state index contributed by atoms with van der Waals surface area (Å²) in [5.41, 5.74) is 1.14. The molecule has 0 saturated heterocycles. The maximum atomic E-state index is 12.4. The number of hydrogen-bond donors (Lipinski definition) is 2. The van der Waals surface area contributed by atoms with E-state index in [2.05, 4.69) is 5.32 Å². The number of thioether (sulfide) groups is 1. The zero-order valence-electron chi connectivity index (χ0n) is 11.5. The predicted molar refractivity (Wildman–Crippen MR) is 79.2 cm³/mol. The van der Waals surface area contributed by atoms with E-state index in [0.717, 1.165) is 0 Å². The second-order valence-corrected chi connectivity index (χ2v) is 5.58. The third-order valence-corrected chi connectivity index (χ3v) is 3.85. The van der Waals surface area contributed by atoms with Gasteiger partial charge >= 0.3 is 5.97 Å². The molecule has 2 rings (SSSR count). The number of aliphatic carboxylic acids is 1. The molecule has 0 saturated carbocycles. The highest BCUT2D eigenvalue weighted by atomic mass is 32.2. The van der Waals surface area contributed by atoms with Gasteiger partial charge in [0.15, 0.2) is 0 Å². The van der Waals surface area contributed by atoms with Crippen LogP contribution in [0.25, 0.3) is 0 Å². The van der Waals surface area contributed by atoms with Crippen LogP contribution in [-0.4, -0.2) is 52.9 Å². The summed E-state index contributed by atoms with van der Waals surface area (Å²) in [6, 6.07) is 6.19. The van der Waals surface area contributed by atoms with Crippen LogP contribution >= 0.6 is 11.8 Å². The number of carboxylic acid groups (broad SMARTS) is 1. The first-order valence-electron chi connectivity index (χ1n) is 6.44. The lowest BCUT2D eigenvalue weighted by atomic mass is 10.0. The summed E-state index contributed by atoms with van der Waals surface area (Å²) in [5.74, 6) is -1.05. The van der Waals surface area contributed by atoms with Gasteiger partial charge in [0.2, 0.25) is 5.91 Å². The number of nitrogens with zero attached hydrogens (tertiary/aromatic N) is 1. The molecular weight excluding hydrogens is 292 g/mol. The Kier molecular flexibility index (Phi) is 4.85. The molecule has 21 heavy (non-hydrogen) atoms. The Morgan fingerprint density at radius 2 is 2.10 bits per heavy atom. The fraction of sp³-hybridized carbons (Fsp3) is 0.357. The number of hydrogen-bond acceptors (Lipinski definition) is 4. The van der Waals surface area contributed by atoms with Gasteiger partial charge in [0, 0.05) is 17.9 Å². The van der Waals surface area contributed by atoms with Crippen molar-refractivity contribution in [1.29, 1.82) is 0 Å². The molecule has 1 aromatic rings. The lowest BCUT2D eigenvalue weighted by Gasteiger charge is -2.24. The number of fused-ring (bicyclic) bond motifs is 1. The van der Waals surface area contributed by atoms with Crippen LogP contribution in [0, 0.1) is 0 Å². The SMILES string of the molecule is CSCCN1C(=O)c2ccccc2C1C(=O)NCC(=O)O. The van der Waals surface area contributed by atoms with Crippen molar-refractivity contribution >= 4 is 29.5 Å². The molecule has 0 spiro atoms. The van der Waals surface area contributed by atoms with E-state index in [0.29, 0.717) is 23.4 Å². The van der Waals surface area contributed by atoms with Crippen LogP contribution in [0.15, 0.2) is 24.3 Å². The molecule has 0 bridgehead atoms. The third-order valence-electron chi connectivity index (χ3n) is 3.26. The molecule has 2 N–H and O–H groups in total. The third kappa shape index (κ3) is 3.18. The van der Waals surface area contributed by atoms with Crippen molar-refractivity contribution in [3.63, 3.8) is 0 Å². The fourth-order valence-electron chi connectivity index (χ4n) is 2.33. The van der Waals surface area contributed by atoms with Gasteiger partial charge in [0.25, 0.3) is 5.91 Å². The van der Waals surface area contributed by atoms with Crippen LogP contribution in [0.5, 0.6) is 0 Å². The number of amides is 2. The first kappa shape index (κ1) is 15.4. The molecule has 1 atom stereocenters. The zero-order chi connectivity index (χ0) is 15.4. The molecule has 0 radical (unpaired) electrons. The van der Waals surface area contributed by atoms with Gasteiger partial charge in [-0.25, -0.2) is 0 Å². The molecule has 1 heterocycles. The number of carbonyl (C=O) groups is 3. The first-order valence-corrected chi connectivity index (χ1v) is 7.84. The van der Waals surface area contributed by atoms with Crippen molar-refractivity contribution in [2.75, 3.05) is 25.1 Å². The van der Waals surface area contributed by atoms with Crippen molar-refractivity contribution in [3.8, 4) is 0 Å². The molecule has 112 valence electrons. The van der Waals surface area contributed by atoms with Gasteiger partial charge in [-0.05, 0) is 17.9 Å². The van der Waals surface area contributed by atoms with Crippen molar-refractivity contribution < 1.29 is 19.5 Å². The molecule has 1 aliphatic heterocycles. The van der Waals surface area contributed by atoms with Crippen LogP contribution in [-0.2, 0) is 9.59 Å². The number of carboxylic acids is 1. The topological polar surface area (TPSA) is 86.7 Å². The summed E-state index contributed by atoms with van der Waals surface area (Å²) in [6.45, 7) is -0.0120. The van der Waals surface area contributed by atoms with Crippen molar-refractivity contribution in [2.24, 2.45) is 0 Å². The Hall–Kier alpha value is -2.02. The van der Waals surface area contributed by atoms with E-state index in [9.17, 15) is 14.4 Å². The first-order chi connectivity index (χ1) is 10.1. The highest BCUT2D eigenvalue weighted by Gasteiger charge is 2.40. The van der Waals surface area contributed by atoms with Gasteiger partial charge in [-0.1, -0.05) is 18.2 Å². The summed E-state index contributed by atoms with van der Waals surface area (Å²) >= 11 is 1.58. The molecule has 0 fully saturated rings. The van der Waals surface area contributed by atoms with Crippen molar-refractivity contribution in [1.82, 2.24) is 10.2 Å².